The molecule has 1 aromatic heterocycles. The van der Waals surface area contributed by atoms with E-state index >= 15 is 0 Å². The van der Waals surface area contributed by atoms with Crippen molar-refractivity contribution in [2.24, 2.45) is 11.8 Å². The third-order valence-electron chi connectivity index (χ3n) is 8.62. The van der Waals surface area contributed by atoms with Crippen LogP contribution in [0.3, 0.4) is 0 Å². The summed E-state index contributed by atoms with van der Waals surface area (Å²) in [6.45, 7) is 9.59. The molecular formula is C31H37ClN6O5. The second-order valence-corrected chi connectivity index (χ2v) is 11.9. The molecule has 0 N–H and O–H groups in total. The standard InChI is InChI=1S/C31H37ClN6O5/c1-19-6-7-25(12-26(19)32)38(28(39)22-8-11-36(15-22)30(41)31(42)43-4)10-5-9-35-13-23-16-37(17-24(23)14-35)29(40)27-20(2)33-18-34-21(27)3/h6-7,12,16,18,22,24H,5,8-11,13-15,17H2,1-4H3. The number of carbonyl (C=O) groups excluding carboxylic acids is 4. The molecular weight excluding hydrogens is 572 g/mol. The number of fused-ring (bicyclic) bond motifs is 1. The van der Waals surface area contributed by atoms with Crippen molar-refractivity contribution in [1.82, 2.24) is 24.7 Å². The fraction of sp³-hybridized carbons (Fsp3) is 0.484. The Morgan fingerprint density at radius 1 is 1.07 bits per heavy atom. The summed E-state index contributed by atoms with van der Waals surface area (Å²) in [5.41, 5.74) is 4.80. The Bertz CT molecular complexity index is 1460. The molecule has 12 heteroatoms. The number of benzene rings is 1. The molecule has 0 bridgehead atoms. The maximum atomic E-state index is 13.8. The highest BCUT2D eigenvalue weighted by Crippen LogP contribution is 2.32. The number of anilines is 1. The Labute approximate surface area is 256 Å². The molecule has 2 atom stereocenters. The van der Waals surface area contributed by atoms with Gasteiger partial charge in [-0.25, -0.2) is 14.8 Å². The van der Waals surface area contributed by atoms with E-state index in [-0.39, 0.29) is 24.3 Å². The summed E-state index contributed by atoms with van der Waals surface area (Å²) in [7, 11) is 1.17. The van der Waals surface area contributed by atoms with Gasteiger partial charge in [-0.1, -0.05) is 17.7 Å². The number of hydrogen-bond donors (Lipinski definition) is 0. The van der Waals surface area contributed by atoms with Gasteiger partial charge < -0.3 is 19.4 Å². The fourth-order valence-electron chi connectivity index (χ4n) is 6.20. The number of methoxy groups -OCH3 is 1. The average molecular weight is 609 g/mol. The average Bonchev–Trinajstić information content (AvgIpc) is 3.71. The first-order valence-corrected chi connectivity index (χ1v) is 14.9. The van der Waals surface area contributed by atoms with Crippen LogP contribution in [0.15, 0.2) is 36.3 Å². The lowest BCUT2D eigenvalue weighted by atomic mass is 10.1. The summed E-state index contributed by atoms with van der Waals surface area (Å²) >= 11 is 6.43. The molecule has 2 unspecified atom stereocenters. The van der Waals surface area contributed by atoms with Gasteiger partial charge in [-0.05, 0) is 56.9 Å². The first-order chi connectivity index (χ1) is 20.6. The molecule has 4 heterocycles. The molecule has 1 aromatic carbocycles. The number of rotatable bonds is 7. The Balaban J connectivity index is 1.21. The molecule has 43 heavy (non-hydrogen) atoms. The van der Waals surface area contributed by atoms with Crippen molar-refractivity contribution in [2.45, 2.75) is 33.6 Å². The van der Waals surface area contributed by atoms with Gasteiger partial charge in [0.25, 0.3) is 5.91 Å². The minimum atomic E-state index is -0.924. The molecule has 2 saturated heterocycles. The molecule has 0 saturated carbocycles. The zero-order valence-corrected chi connectivity index (χ0v) is 25.8. The van der Waals surface area contributed by atoms with E-state index in [1.54, 1.807) is 15.9 Å². The fourth-order valence-corrected chi connectivity index (χ4v) is 6.38. The highest BCUT2D eigenvalue weighted by molar-refractivity contribution is 6.32. The molecule has 2 fully saturated rings. The molecule has 0 radical (unpaired) electrons. The van der Waals surface area contributed by atoms with Crippen molar-refractivity contribution in [2.75, 3.05) is 57.8 Å². The third kappa shape index (κ3) is 6.42. The predicted octanol–water partition coefficient (Wildman–Crippen LogP) is 2.77. The first-order valence-electron chi connectivity index (χ1n) is 14.5. The van der Waals surface area contributed by atoms with Crippen molar-refractivity contribution in [1.29, 1.82) is 0 Å². The van der Waals surface area contributed by atoms with Crippen LogP contribution in [-0.2, 0) is 19.1 Å². The van der Waals surface area contributed by atoms with Crippen LogP contribution in [0.4, 0.5) is 5.69 Å². The van der Waals surface area contributed by atoms with E-state index < -0.39 is 17.8 Å². The van der Waals surface area contributed by atoms with Crippen LogP contribution in [0.5, 0.6) is 0 Å². The summed E-state index contributed by atoms with van der Waals surface area (Å²) in [5, 5.41) is 0.579. The van der Waals surface area contributed by atoms with E-state index in [1.165, 1.54) is 23.9 Å². The number of likely N-dealkylation sites (tertiary alicyclic amines) is 2. The van der Waals surface area contributed by atoms with Gasteiger partial charge in [-0.15, -0.1) is 0 Å². The highest BCUT2D eigenvalue weighted by atomic mass is 35.5. The van der Waals surface area contributed by atoms with E-state index in [0.29, 0.717) is 53.7 Å². The van der Waals surface area contributed by atoms with Crippen LogP contribution in [-0.4, -0.2) is 101 Å². The van der Waals surface area contributed by atoms with Crippen LogP contribution in [0.25, 0.3) is 0 Å². The number of halogens is 1. The minimum absolute atomic E-state index is 0.0614. The normalized spacial score (nSPS) is 19.8. The number of hydrogen-bond acceptors (Lipinski definition) is 8. The van der Waals surface area contributed by atoms with Gasteiger partial charge >= 0.3 is 11.9 Å². The lowest BCUT2D eigenvalue weighted by Gasteiger charge is -2.27. The number of nitrogens with zero attached hydrogens (tertiary/aromatic N) is 6. The molecule has 3 aliphatic heterocycles. The van der Waals surface area contributed by atoms with E-state index in [4.69, 9.17) is 11.6 Å². The molecule has 5 rings (SSSR count). The van der Waals surface area contributed by atoms with Crippen molar-refractivity contribution >= 4 is 41.0 Å². The molecule has 3 aliphatic rings. The van der Waals surface area contributed by atoms with Gasteiger partial charge in [0.15, 0.2) is 0 Å². The quantitative estimate of drug-likeness (QED) is 0.348. The third-order valence-corrected chi connectivity index (χ3v) is 9.03. The van der Waals surface area contributed by atoms with Crippen molar-refractivity contribution in [3.05, 3.63) is 63.8 Å². The summed E-state index contributed by atoms with van der Waals surface area (Å²) in [5.74, 6) is -1.94. The largest absolute Gasteiger partial charge is 0.462 e. The van der Waals surface area contributed by atoms with E-state index in [9.17, 15) is 19.2 Å². The second-order valence-electron chi connectivity index (χ2n) is 11.5. The van der Waals surface area contributed by atoms with E-state index in [1.807, 2.05) is 39.1 Å². The van der Waals surface area contributed by atoms with E-state index in [2.05, 4.69) is 19.6 Å². The molecule has 0 spiro atoms. The van der Waals surface area contributed by atoms with Crippen LogP contribution in [0.1, 0.15) is 40.2 Å². The van der Waals surface area contributed by atoms with Crippen LogP contribution >= 0.6 is 11.6 Å². The topological polar surface area (TPSA) is 116 Å². The van der Waals surface area contributed by atoms with Gasteiger partial charge in [0.1, 0.15) is 6.33 Å². The lowest BCUT2D eigenvalue weighted by Crippen LogP contribution is -2.41. The first kappa shape index (κ1) is 30.6. The number of aryl methyl sites for hydroxylation is 3. The number of esters is 1. The van der Waals surface area contributed by atoms with Crippen LogP contribution in [0, 0.1) is 32.6 Å². The Morgan fingerprint density at radius 2 is 1.81 bits per heavy atom. The van der Waals surface area contributed by atoms with Gasteiger partial charge in [0.2, 0.25) is 5.91 Å². The summed E-state index contributed by atoms with van der Waals surface area (Å²) in [6.07, 6.45) is 4.66. The molecule has 3 amide bonds. The predicted molar refractivity (Wildman–Crippen MR) is 160 cm³/mol. The Morgan fingerprint density at radius 3 is 2.49 bits per heavy atom. The zero-order valence-electron chi connectivity index (χ0n) is 25.0. The molecule has 11 nitrogen and oxygen atoms in total. The number of carbonyl (C=O) groups is 4. The monoisotopic (exact) mass is 608 g/mol. The smallest absolute Gasteiger partial charge is 0.396 e. The molecule has 2 aromatic rings. The number of aromatic nitrogens is 2. The van der Waals surface area contributed by atoms with Gasteiger partial charge in [-0.3, -0.25) is 19.3 Å². The zero-order chi connectivity index (χ0) is 30.8. The van der Waals surface area contributed by atoms with Gasteiger partial charge in [0.05, 0.1) is 30.0 Å². The maximum absolute atomic E-state index is 13.8. The molecule has 0 aliphatic carbocycles. The van der Waals surface area contributed by atoms with Gasteiger partial charge in [0, 0.05) is 68.6 Å². The second kappa shape index (κ2) is 12.8. The van der Waals surface area contributed by atoms with Crippen LogP contribution in [0.2, 0.25) is 5.02 Å². The lowest BCUT2D eigenvalue weighted by molar-refractivity contribution is -0.157. The van der Waals surface area contributed by atoms with Crippen LogP contribution < -0.4 is 4.90 Å². The number of ether oxygens (including phenoxy) is 1. The Hall–Kier alpha value is -3.83. The van der Waals surface area contributed by atoms with E-state index in [0.717, 1.165) is 31.6 Å². The van der Waals surface area contributed by atoms with Crippen molar-refractivity contribution < 1.29 is 23.9 Å². The summed E-state index contributed by atoms with van der Waals surface area (Å²) in [4.78, 5) is 66.7. The summed E-state index contributed by atoms with van der Waals surface area (Å²) in [6, 6.07) is 5.59. The summed E-state index contributed by atoms with van der Waals surface area (Å²) < 4.78 is 4.56. The SMILES string of the molecule is COC(=O)C(=O)N1CCC(C(=O)N(CCCN2CC3=CN(C(=O)c4c(C)ncnc4C)CC3C2)c2ccc(C)c(Cl)c2)C1. The van der Waals surface area contributed by atoms with Crippen molar-refractivity contribution in [3.8, 4) is 0 Å². The number of amides is 3. The highest BCUT2D eigenvalue weighted by Gasteiger charge is 2.38. The van der Waals surface area contributed by atoms with Crippen molar-refractivity contribution in [3.63, 3.8) is 0 Å². The maximum Gasteiger partial charge on any atom is 0.396 e. The van der Waals surface area contributed by atoms with Gasteiger partial charge in [-0.2, -0.15) is 0 Å². The Kier molecular flexibility index (Phi) is 9.12. The minimum Gasteiger partial charge on any atom is -0.462 e. The molecule has 228 valence electrons.